The number of benzene rings is 1. The Bertz CT molecular complexity index is 828. The molecular formula is C23H36N6O2. The molecule has 1 saturated heterocycles. The van der Waals surface area contributed by atoms with Gasteiger partial charge >= 0.3 is 0 Å². The maximum atomic E-state index is 5.40. The molecule has 0 aliphatic carbocycles. The number of rotatable bonds is 10. The molecule has 1 aromatic carbocycles. The van der Waals surface area contributed by atoms with Crippen molar-refractivity contribution in [3.63, 3.8) is 0 Å². The van der Waals surface area contributed by atoms with Gasteiger partial charge in [-0.2, -0.15) is 5.10 Å². The zero-order chi connectivity index (χ0) is 22.1. The minimum absolute atomic E-state index is 0.388. The van der Waals surface area contributed by atoms with E-state index < -0.39 is 0 Å². The molecule has 1 aromatic heterocycles. The largest absolute Gasteiger partial charge is 0.497 e. The summed E-state index contributed by atoms with van der Waals surface area (Å²) in [6, 6.07) is 6.45. The van der Waals surface area contributed by atoms with Crippen LogP contribution in [0.2, 0.25) is 0 Å². The van der Waals surface area contributed by atoms with E-state index in [0.29, 0.717) is 6.04 Å². The van der Waals surface area contributed by atoms with Gasteiger partial charge in [-0.3, -0.25) is 14.6 Å². The van der Waals surface area contributed by atoms with Gasteiger partial charge in [0.15, 0.2) is 5.96 Å². The van der Waals surface area contributed by atoms with Crippen molar-refractivity contribution >= 4 is 5.96 Å². The minimum atomic E-state index is 0.388. The molecule has 0 amide bonds. The summed E-state index contributed by atoms with van der Waals surface area (Å²) >= 11 is 0. The Kier molecular flexibility index (Phi) is 8.58. The fraction of sp³-hybridized carbons (Fsp3) is 0.565. The zero-order valence-electron chi connectivity index (χ0n) is 19.2. The second-order valence-electron chi connectivity index (χ2n) is 7.98. The van der Waals surface area contributed by atoms with Crippen LogP contribution in [0.5, 0.6) is 11.5 Å². The standard InChI is InChI=1S/C23H36N6O2/c1-5-24-23(25-8-6-9-29-15-18(2)14-26-29)27-20-7-10-28(17-20)16-19-11-21(30-3)13-22(12-19)31-4/h11-15,20H,5-10,16-17H2,1-4H3,(H2,24,25,27). The van der Waals surface area contributed by atoms with Gasteiger partial charge in [0.25, 0.3) is 0 Å². The first-order valence-corrected chi connectivity index (χ1v) is 11.1. The van der Waals surface area contributed by atoms with Crippen molar-refractivity contribution < 1.29 is 9.47 Å². The summed E-state index contributed by atoms with van der Waals surface area (Å²) in [5, 5.41) is 11.3. The molecule has 1 unspecified atom stereocenters. The molecule has 0 saturated carbocycles. The van der Waals surface area contributed by atoms with E-state index in [1.54, 1.807) is 14.2 Å². The highest BCUT2D eigenvalue weighted by molar-refractivity contribution is 5.80. The SMILES string of the molecule is CCNC(=NCCCn1cc(C)cn1)NC1CCN(Cc2cc(OC)cc(OC)c2)C1. The predicted molar refractivity (Wildman–Crippen MR) is 124 cm³/mol. The van der Waals surface area contributed by atoms with E-state index in [1.807, 2.05) is 16.9 Å². The molecule has 3 rings (SSSR count). The normalized spacial score (nSPS) is 17.0. The monoisotopic (exact) mass is 428 g/mol. The molecule has 8 heteroatoms. The van der Waals surface area contributed by atoms with Crippen LogP contribution in [-0.2, 0) is 13.1 Å². The average molecular weight is 429 g/mol. The highest BCUT2D eigenvalue weighted by Crippen LogP contribution is 2.24. The molecule has 1 atom stereocenters. The summed E-state index contributed by atoms with van der Waals surface area (Å²) < 4.78 is 12.8. The first-order valence-electron chi connectivity index (χ1n) is 11.1. The first kappa shape index (κ1) is 22.9. The van der Waals surface area contributed by atoms with E-state index in [1.165, 1.54) is 11.1 Å². The summed E-state index contributed by atoms with van der Waals surface area (Å²) in [5.41, 5.74) is 2.39. The Morgan fingerprint density at radius 3 is 2.65 bits per heavy atom. The van der Waals surface area contributed by atoms with Gasteiger partial charge in [0, 0.05) is 57.6 Å². The van der Waals surface area contributed by atoms with Gasteiger partial charge in [-0.05, 0) is 49.9 Å². The molecule has 31 heavy (non-hydrogen) atoms. The van der Waals surface area contributed by atoms with E-state index >= 15 is 0 Å². The molecular weight excluding hydrogens is 392 g/mol. The number of aryl methyl sites for hydroxylation is 2. The van der Waals surface area contributed by atoms with Crippen LogP contribution in [0.1, 0.15) is 30.9 Å². The number of likely N-dealkylation sites (tertiary alicyclic amines) is 1. The molecule has 2 N–H and O–H groups in total. The number of methoxy groups -OCH3 is 2. The van der Waals surface area contributed by atoms with Gasteiger partial charge in [-0.15, -0.1) is 0 Å². The summed E-state index contributed by atoms with van der Waals surface area (Å²) in [6.07, 6.45) is 6.02. The Morgan fingerprint density at radius 1 is 1.23 bits per heavy atom. The molecule has 2 heterocycles. The number of hydrogen-bond acceptors (Lipinski definition) is 5. The molecule has 170 valence electrons. The third-order valence-corrected chi connectivity index (χ3v) is 5.35. The molecule has 8 nitrogen and oxygen atoms in total. The maximum absolute atomic E-state index is 5.40. The van der Waals surface area contributed by atoms with Crippen molar-refractivity contribution in [2.45, 2.75) is 45.8 Å². The molecule has 1 aliphatic rings. The maximum Gasteiger partial charge on any atom is 0.191 e. The lowest BCUT2D eigenvalue weighted by atomic mass is 10.2. The fourth-order valence-electron chi connectivity index (χ4n) is 3.84. The lowest BCUT2D eigenvalue weighted by molar-refractivity contribution is 0.321. The van der Waals surface area contributed by atoms with Crippen LogP contribution in [0.3, 0.4) is 0 Å². The second-order valence-corrected chi connectivity index (χ2v) is 7.98. The topological polar surface area (TPSA) is 75.9 Å². The number of guanidine groups is 1. The smallest absolute Gasteiger partial charge is 0.191 e. The number of aliphatic imine (C=N–C) groups is 1. The lowest BCUT2D eigenvalue weighted by Gasteiger charge is -2.19. The van der Waals surface area contributed by atoms with Crippen LogP contribution in [-0.4, -0.2) is 67.1 Å². The van der Waals surface area contributed by atoms with Crippen molar-refractivity contribution in [3.05, 3.63) is 41.7 Å². The van der Waals surface area contributed by atoms with Crippen LogP contribution >= 0.6 is 0 Å². The van der Waals surface area contributed by atoms with E-state index in [9.17, 15) is 0 Å². The van der Waals surface area contributed by atoms with Gasteiger partial charge in [-0.25, -0.2) is 0 Å². The molecule has 0 spiro atoms. The van der Waals surface area contributed by atoms with Crippen molar-refractivity contribution in [1.82, 2.24) is 25.3 Å². The molecule has 1 aliphatic heterocycles. The number of aromatic nitrogens is 2. The van der Waals surface area contributed by atoms with E-state index in [2.05, 4.69) is 52.8 Å². The Morgan fingerprint density at radius 2 is 2.00 bits per heavy atom. The van der Waals surface area contributed by atoms with Crippen LogP contribution in [0.15, 0.2) is 35.6 Å². The Hall–Kier alpha value is -2.74. The summed E-state index contributed by atoms with van der Waals surface area (Å²) in [6.45, 7) is 9.58. The summed E-state index contributed by atoms with van der Waals surface area (Å²) in [7, 11) is 3.37. The van der Waals surface area contributed by atoms with Gasteiger partial charge in [0.1, 0.15) is 11.5 Å². The Balaban J connectivity index is 1.48. The van der Waals surface area contributed by atoms with Crippen LogP contribution in [0.4, 0.5) is 0 Å². The Labute approximate surface area is 185 Å². The number of nitrogens with one attached hydrogen (secondary N) is 2. The van der Waals surface area contributed by atoms with Crippen LogP contribution in [0.25, 0.3) is 0 Å². The zero-order valence-corrected chi connectivity index (χ0v) is 19.2. The number of ether oxygens (including phenoxy) is 2. The summed E-state index contributed by atoms with van der Waals surface area (Å²) in [4.78, 5) is 7.21. The van der Waals surface area contributed by atoms with E-state index in [0.717, 1.165) is 69.6 Å². The highest BCUT2D eigenvalue weighted by atomic mass is 16.5. The minimum Gasteiger partial charge on any atom is -0.497 e. The van der Waals surface area contributed by atoms with Crippen molar-refractivity contribution in [2.75, 3.05) is 40.4 Å². The van der Waals surface area contributed by atoms with Gasteiger partial charge in [0.2, 0.25) is 0 Å². The second kappa shape index (κ2) is 11.6. The van der Waals surface area contributed by atoms with Gasteiger partial charge in [0.05, 0.1) is 20.4 Å². The molecule has 0 radical (unpaired) electrons. The summed E-state index contributed by atoms with van der Waals surface area (Å²) in [5.74, 6) is 2.55. The first-order chi connectivity index (χ1) is 15.1. The molecule has 2 aromatic rings. The van der Waals surface area contributed by atoms with Gasteiger partial charge in [-0.1, -0.05) is 0 Å². The molecule has 1 fully saturated rings. The van der Waals surface area contributed by atoms with Crippen molar-refractivity contribution in [2.24, 2.45) is 4.99 Å². The average Bonchev–Trinajstić information content (AvgIpc) is 3.39. The van der Waals surface area contributed by atoms with Crippen molar-refractivity contribution in [3.8, 4) is 11.5 Å². The molecule has 0 bridgehead atoms. The van der Waals surface area contributed by atoms with Gasteiger partial charge < -0.3 is 20.1 Å². The van der Waals surface area contributed by atoms with E-state index in [4.69, 9.17) is 14.5 Å². The predicted octanol–water partition coefficient (Wildman–Crippen LogP) is 2.43. The van der Waals surface area contributed by atoms with Crippen molar-refractivity contribution in [1.29, 1.82) is 0 Å². The highest BCUT2D eigenvalue weighted by Gasteiger charge is 2.23. The van der Waals surface area contributed by atoms with E-state index in [-0.39, 0.29) is 0 Å². The van der Waals surface area contributed by atoms with Crippen LogP contribution in [0, 0.1) is 6.92 Å². The number of hydrogen-bond donors (Lipinski definition) is 2. The number of nitrogens with zero attached hydrogens (tertiary/aromatic N) is 4. The quantitative estimate of drug-likeness (QED) is 0.344. The fourth-order valence-corrected chi connectivity index (χ4v) is 3.84. The lowest BCUT2D eigenvalue weighted by Crippen LogP contribution is -2.44. The van der Waals surface area contributed by atoms with Crippen LogP contribution < -0.4 is 20.1 Å². The third-order valence-electron chi connectivity index (χ3n) is 5.35. The third kappa shape index (κ3) is 7.17.